The second-order valence-electron chi connectivity index (χ2n) is 4.80. The predicted octanol–water partition coefficient (Wildman–Crippen LogP) is 3.20. The molecule has 0 atom stereocenters. The van der Waals surface area contributed by atoms with Crippen molar-refractivity contribution in [2.75, 3.05) is 13.2 Å². The van der Waals surface area contributed by atoms with Crippen LogP contribution < -0.4 is 15.2 Å². The van der Waals surface area contributed by atoms with E-state index in [2.05, 4.69) is 0 Å². The topological polar surface area (TPSA) is 68.3 Å². The van der Waals surface area contributed by atoms with Crippen molar-refractivity contribution in [1.82, 2.24) is 0 Å². The monoisotopic (exact) mass is 300 g/mol. The number of nitrogens with two attached hydrogens (primary N) is 1. The van der Waals surface area contributed by atoms with E-state index in [9.17, 15) is 0 Å². The minimum atomic E-state index is 0.100. The van der Waals surface area contributed by atoms with Crippen LogP contribution >= 0.6 is 11.8 Å². The Balaban J connectivity index is 1.83. The van der Waals surface area contributed by atoms with Gasteiger partial charge in [-0.05, 0) is 48.9 Å². The zero-order valence-electron chi connectivity index (χ0n) is 11.7. The molecule has 0 unspecified atom stereocenters. The summed E-state index contributed by atoms with van der Waals surface area (Å²) in [6.45, 7) is 3.16. The Bertz CT molecular complexity index is 701. The van der Waals surface area contributed by atoms with Gasteiger partial charge < -0.3 is 15.2 Å². The molecule has 0 fully saturated rings. The lowest BCUT2D eigenvalue weighted by Crippen LogP contribution is -2.15. The van der Waals surface area contributed by atoms with Gasteiger partial charge in [0, 0.05) is 15.4 Å². The number of benzene rings is 2. The standard InChI is InChI=1S/C16H16N2O2S/c1-10-8-11(2-4-13(10)16(17)18)21-12-3-5-14-15(9-12)20-7-6-19-14/h2-5,8-9H,6-7H2,1H3,(H3,17,18). The fourth-order valence-corrected chi connectivity index (χ4v) is 3.17. The average Bonchev–Trinajstić information content (AvgIpc) is 2.47. The summed E-state index contributed by atoms with van der Waals surface area (Å²) >= 11 is 1.65. The molecule has 2 aromatic rings. The van der Waals surface area contributed by atoms with Crippen LogP contribution in [0.3, 0.4) is 0 Å². The molecule has 1 heterocycles. The zero-order chi connectivity index (χ0) is 14.8. The number of nitrogens with one attached hydrogen (secondary N) is 1. The highest BCUT2D eigenvalue weighted by molar-refractivity contribution is 7.99. The molecular weight excluding hydrogens is 284 g/mol. The highest BCUT2D eigenvalue weighted by atomic mass is 32.2. The summed E-state index contributed by atoms with van der Waals surface area (Å²) < 4.78 is 11.1. The Kier molecular flexibility index (Phi) is 3.75. The minimum Gasteiger partial charge on any atom is -0.486 e. The molecule has 0 saturated heterocycles. The summed E-state index contributed by atoms with van der Waals surface area (Å²) in [5, 5.41) is 7.51. The van der Waals surface area contributed by atoms with Crippen molar-refractivity contribution in [3.8, 4) is 11.5 Å². The molecule has 0 amide bonds. The van der Waals surface area contributed by atoms with E-state index in [-0.39, 0.29) is 5.84 Å². The van der Waals surface area contributed by atoms with Crippen LogP contribution in [0.1, 0.15) is 11.1 Å². The van der Waals surface area contributed by atoms with E-state index in [4.69, 9.17) is 20.6 Å². The first-order chi connectivity index (χ1) is 10.1. The average molecular weight is 300 g/mol. The smallest absolute Gasteiger partial charge is 0.162 e. The number of rotatable bonds is 3. The Morgan fingerprint density at radius 2 is 1.71 bits per heavy atom. The van der Waals surface area contributed by atoms with Gasteiger partial charge in [0.05, 0.1) is 0 Å². The van der Waals surface area contributed by atoms with Gasteiger partial charge in [0.2, 0.25) is 0 Å². The van der Waals surface area contributed by atoms with Crippen LogP contribution in [0, 0.1) is 12.3 Å². The summed E-state index contributed by atoms with van der Waals surface area (Å²) in [5.41, 5.74) is 7.32. The summed E-state index contributed by atoms with van der Waals surface area (Å²) in [6, 6.07) is 11.9. The van der Waals surface area contributed by atoms with Gasteiger partial charge in [-0.2, -0.15) is 0 Å². The van der Waals surface area contributed by atoms with Crippen LogP contribution in [0.5, 0.6) is 11.5 Å². The minimum absolute atomic E-state index is 0.100. The molecule has 3 rings (SSSR count). The third-order valence-corrected chi connectivity index (χ3v) is 4.22. The maximum Gasteiger partial charge on any atom is 0.162 e. The van der Waals surface area contributed by atoms with Gasteiger partial charge in [-0.15, -0.1) is 0 Å². The number of hydrogen-bond acceptors (Lipinski definition) is 4. The molecular formula is C16H16N2O2S. The first kappa shape index (κ1) is 13.8. The van der Waals surface area contributed by atoms with Crippen LogP contribution in [0.15, 0.2) is 46.2 Å². The van der Waals surface area contributed by atoms with Gasteiger partial charge in [0.1, 0.15) is 19.0 Å². The first-order valence-electron chi connectivity index (χ1n) is 6.66. The molecule has 0 aromatic heterocycles. The molecule has 3 N–H and O–H groups in total. The second kappa shape index (κ2) is 5.69. The summed E-state index contributed by atoms with van der Waals surface area (Å²) in [5.74, 6) is 1.69. The molecule has 21 heavy (non-hydrogen) atoms. The van der Waals surface area contributed by atoms with Gasteiger partial charge in [0.25, 0.3) is 0 Å². The van der Waals surface area contributed by atoms with E-state index in [1.807, 2.05) is 43.3 Å². The Morgan fingerprint density at radius 1 is 1.05 bits per heavy atom. The fraction of sp³-hybridized carbons (Fsp3) is 0.188. The zero-order valence-corrected chi connectivity index (χ0v) is 12.5. The molecule has 0 saturated carbocycles. The Morgan fingerprint density at radius 3 is 2.43 bits per heavy atom. The normalized spacial score (nSPS) is 13.0. The van der Waals surface area contributed by atoms with Gasteiger partial charge >= 0.3 is 0 Å². The molecule has 108 valence electrons. The molecule has 4 nitrogen and oxygen atoms in total. The third-order valence-electron chi connectivity index (χ3n) is 3.24. The van der Waals surface area contributed by atoms with Crippen LogP contribution in [0.25, 0.3) is 0 Å². The maximum atomic E-state index is 7.51. The van der Waals surface area contributed by atoms with E-state index in [1.54, 1.807) is 11.8 Å². The first-order valence-corrected chi connectivity index (χ1v) is 7.48. The van der Waals surface area contributed by atoms with Crippen LogP contribution in [0.2, 0.25) is 0 Å². The van der Waals surface area contributed by atoms with Crippen molar-refractivity contribution in [2.24, 2.45) is 5.73 Å². The van der Waals surface area contributed by atoms with E-state index >= 15 is 0 Å². The van der Waals surface area contributed by atoms with Gasteiger partial charge in [0.15, 0.2) is 11.5 Å². The summed E-state index contributed by atoms with van der Waals surface area (Å²) in [6.07, 6.45) is 0. The lowest BCUT2D eigenvalue weighted by molar-refractivity contribution is 0.171. The van der Waals surface area contributed by atoms with Crippen molar-refractivity contribution in [3.63, 3.8) is 0 Å². The van der Waals surface area contributed by atoms with Crippen LogP contribution in [-0.4, -0.2) is 19.0 Å². The number of nitrogen functional groups attached to an aromatic ring is 1. The molecule has 0 spiro atoms. The highest BCUT2D eigenvalue weighted by Crippen LogP contribution is 2.37. The van der Waals surface area contributed by atoms with Crippen molar-refractivity contribution in [3.05, 3.63) is 47.5 Å². The van der Waals surface area contributed by atoms with E-state index in [1.165, 1.54) is 0 Å². The van der Waals surface area contributed by atoms with Crippen LogP contribution in [0.4, 0.5) is 0 Å². The van der Waals surface area contributed by atoms with Crippen molar-refractivity contribution < 1.29 is 9.47 Å². The van der Waals surface area contributed by atoms with Crippen molar-refractivity contribution in [2.45, 2.75) is 16.7 Å². The largest absolute Gasteiger partial charge is 0.486 e. The number of amidine groups is 1. The molecule has 0 bridgehead atoms. The number of ether oxygens (including phenoxy) is 2. The number of hydrogen-bond donors (Lipinski definition) is 2. The molecule has 0 radical (unpaired) electrons. The Labute approximate surface area is 127 Å². The van der Waals surface area contributed by atoms with Gasteiger partial charge in [-0.25, -0.2) is 0 Å². The quantitative estimate of drug-likeness (QED) is 0.674. The van der Waals surface area contributed by atoms with E-state index in [0.29, 0.717) is 13.2 Å². The lowest BCUT2D eigenvalue weighted by atomic mass is 10.1. The third kappa shape index (κ3) is 2.97. The molecule has 1 aliphatic heterocycles. The van der Waals surface area contributed by atoms with Crippen molar-refractivity contribution in [1.29, 1.82) is 5.41 Å². The number of aryl methyl sites for hydroxylation is 1. The summed E-state index contributed by atoms with van der Waals surface area (Å²) in [7, 11) is 0. The number of fused-ring (bicyclic) bond motifs is 1. The lowest BCUT2D eigenvalue weighted by Gasteiger charge is -2.18. The highest BCUT2D eigenvalue weighted by Gasteiger charge is 2.12. The molecule has 2 aromatic carbocycles. The van der Waals surface area contributed by atoms with E-state index < -0.39 is 0 Å². The maximum absolute atomic E-state index is 7.51. The molecule has 0 aliphatic carbocycles. The van der Waals surface area contributed by atoms with E-state index in [0.717, 1.165) is 32.4 Å². The fourth-order valence-electron chi connectivity index (χ4n) is 2.23. The second-order valence-corrected chi connectivity index (χ2v) is 5.94. The summed E-state index contributed by atoms with van der Waals surface area (Å²) in [4.78, 5) is 2.20. The predicted molar refractivity (Wildman–Crippen MR) is 83.8 cm³/mol. The van der Waals surface area contributed by atoms with Gasteiger partial charge in [-0.1, -0.05) is 11.8 Å². The molecule has 5 heteroatoms. The van der Waals surface area contributed by atoms with Crippen molar-refractivity contribution >= 4 is 17.6 Å². The molecule has 1 aliphatic rings. The van der Waals surface area contributed by atoms with Gasteiger partial charge in [-0.3, -0.25) is 5.41 Å². The SMILES string of the molecule is Cc1cc(Sc2ccc3c(c2)OCCO3)ccc1C(=N)N. The Hall–Kier alpha value is -2.14. The van der Waals surface area contributed by atoms with Crippen LogP contribution in [-0.2, 0) is 0 Å².